The zero-order valence-corrected chi connectivity index (χ0v) is 43.1. The molecule has 0 aliphatic rings. The number of aromatic hydroxyl groups is 1. The summed E-state index contributed by atoms with van der Waals surface area (Å²) in [4.78, 5) is -2.92. The van der Waals surface area contributed by atoms with E-state index in [0.29, 0.717) is 29.1 Å². The number of ether oxygens (including phenoxy) is 2. The molecule has 0 saturated heterocycles. The molecule has 32 heteroatoms. The van der Waals surface area contributed by atoms with Crippen molar-refractivity contribution >= 4 is 128 Å². The van der Waals surface area contributed by atoms with Crippen LogP contribution in [-0.2, 0) is 50.6 Å². The van der Waals surface area contributed by atoms with Gasteiger partial charge in [-0.15, -0.1) is 25.5 Å². The van der Waals surface area contributed by atoms with Crippen molar-refractivity contribution in [1.29, 1.82) is 0 Å². The second-order valence-electron chi connectivity index (χ2n) is 16.4. The summed E-state index contributed by atoms with van der Waals surface area (Å²) in [7, 11) is -22.4. The molecular formula is C45H33N9O18S5. The van der Waals surface area contributed by atoms with Crippen LogP contribution in [0.15, 0.2) is 164 Å². The van der Waals surface area contributed by atoms with Gasteiger partial charge < -0.3 is 14.6 Å². The van der Waals surface area contributed by atoms with Gasteiger partial charge in [0.05, 0.1) is 46.8 Å². The van der Waals surface area contributed by atoms with Crippen molar-refractivity contribution in [3.63, 3.8) is 0 Å². The molecular weight excluding hydrogens is 1110 g/mol. The SMILES string of the molecule is COc1cc(N=Nc2c(S(=O)(=O)O)cc3cc(-n4nc5ccc6c(S(=O)(=O)O)cc(S(=O)(=O)O)cc6c5n4)ccc3c2OC)c(O)cc1N=Nc1ccc(/N=N\c2ccc3c(S(=O)(=O)O)cc(S(=O)(=O)O)cc3c2)c(C)c1. The van der Waals surface area contributed by atoms with E-state index in [1.54, 1.807) is 19.1 Å². The largest absolute Gasteiger partial charge is 0.506 e. The van der Waals surface area contributed by atoms with Crippen LogP contribution >= 0.6 is 0 Å². The summed E-state index contributed by atoms with van der Waals surface area (Å²) in [5.74, 6) is -0.711. The summed E-state index contributed by atoms with van der Waals surface area (Å²) >= 11 is 0. The molecule has 0 aliphatic heterocycles. The lowest BCUT2D eigenvalue weighted by Crippen LogP contribution is -2.04. The number of fused-ring (bicyclic) bond motifs is 5. The number of hydrogen-bond donors (Lipinski definition) is 6. The number of nitrogens with zero attached hydrogens (tertiary/aromatic N) is 9. The van der Waals surface area contributed by atoms with Crippen LogP contribution in [0.3, 0.4) is 0 Å². The monoisotopic (exact) mass is 1150 g/mol. The van der Waals surface area contributed by atoms with E-state index in [2.05, 4.69) is 40.9 Å². The summed E-state index contributed by atoms with van der Waals surface area (Å²) < 4.78 is 182. The number of aryl methyl sites for hydroxylation is 1. The van der Waals surface area contributed by atoms with Gasteiger partial charge in [-0.05, 0) is 108 Å². The Bertz CT molecular complexity index is 4720. The first-order valence-electron chi connectivity index (χ1n) is 21.2. The molecule has 0 radical (unpaired) electrons. The molecule has 0 saturated carbocycles. The molecule has 0 fully saturated rings. The van der Waals surface area contributed by atoms with Crippen LogP contribution in [0.2, 0.25) is 0 Å². The first-order chi connectivity index (χ1) is 36.0. The van der Waals surface area contributed by atoms with E-state index in [9.17, 15) is 70.0 Å². The quantitative estimate of drug-likeness (QED) is 0.0436. The van der Waals surface area contributed by atoms with E-state index in [1.165, 1.54) is 74.9 Å². The highest BCUT2D eigenvalue weighted by atomic mass is 32.2. The molecule has 8 aromatic carbocycles. The molecule has 0 amide bonds. The average molecular weight is 1150 g/mol. The maximum atomic E-state index is 12.9. The van der Waals surface area contributed by atoms with Crippen LogP contribution in [0.5, 0.6) is 17.2 Å². The molecule has 0 bridgehead atoms. The van der Waals surface area contributed by atoms with Gasteiger partial charge in [-0.25, -0.2) is 0 Å². The predicted octanol–water partition coefficient (Wildman–Crippen LogP) is 9.39. The molecule has 6 N–H and O–H groups in total. The molecule has 9 aromatic rings. The van der Waals surface area contributed by atoms with Gasteiger partial charge in [-0.1, -0.05) is 12.1 Å². The van der Waals surface area contributed by atoms with Gasteiger partial charge >= 0.3 is 0 Å². The minimum atomic E-state index is -5.10. The molecule has 1 aromatic heterocycles. The minimum absolute atomic E-state index is 0.00663. The molecule has 0 aliphatic carbocycles. The van der Waals surface area contributed by atoms with Gasteiger partial charge in [0.1, 0.15) is 54.3 Å². The highest BCUT2D eigenvalue weighted by Gasteiger charge is 2.26. The van der Waals surface area contributed by atoms with E-state index >= 15 is 0 Å². The molecule has 0 atom stereocenters. The number of methoxy groups -OCH3 is 2. The fraction of sp³-hybridized carbons (Fsp3) is 0.0667. The lowest BCUT2D eigenvalue weighted by molar-refractivity contribution is 0.413. The standard InChI is InChI=1S/C45H33N9O18S5/c1-22-12-25(5-10-34(22)48-47-26-4-7-30-23(13-26)15-28(73(56,57)58)18-40(30)75(62,63)64)46-50-37-20-38(55)36(21-39(37)71-2)49-51-44-42(77(68,69)70)16-24-14-27(6-8-31(24)45(44)72-3)54-52-35-11-9-32-33(43(35)53-54)17-29(74(59,60)61)19-41(32)76(65,66)67/h4-21,55H,1-3H3,(H,56,57,58)(H,59,60,61)(H,62,63,64)(H,65,66,67)(H,68,69,70)/b48-47-,50-46?,51-49?. The first kappa shape index (κ1) is 53.5. The molecule has 396 valence electrons. The summed E-state index contributed by atoms with van der Waals surface area (Å²) in [5, 5.41) is 44.7. The van der Waals surface area contributed by atoms with Crippen LogP contribution in [0.25, 0.3) is 49.0 Å². The summed E-state index contributed by atoms with van der Waals surface area (Å²) in [6.07, 6.45) is 0. The minimum Gasteiger partial charge on any atom is -0.506 e. The molecule has 0 spiro atoms. The highest BCUT2D eigenvalue weighted by molar-refractivity contribution is 7.87. The number of azo groups is 3. The number of phenols is 1. The third kappa shape index (κ3) is 10.8. The van der Waals surface area contributed by atoms with Gasteiger partial charge in [0.25, 0.3) is 50.6 Å². The highest BCUT2D eigenvalue weighted by Crippen LogP contribution is 2.45. The van der Waals surface area contributed by atoms with E-state index in [-0.39, 0.29) is 77.6 Å². The first-order valence-corrected chi connectivity index (χ1v) is 28.4. The third-order valence-electron chi connectivity index (χ3n) is 11.4. The summed E-state index contributed by atoms with van der Waals surface area (Å²) in [6, 6.07) is 22.1. The Balaban J connectivity index is 0.994. The Morgan fingerprint density at radius 3 is 1.66 bits per heavy atom. The van der Waals surface area contributed by atoms with Gasteiger partial charge in [-0.2, -0.15) is 62.2 Å². The topological polar surface area (TPSA) is 415 Å². The maximum absolute atomic E-state index is 12.9. The van der Waals surface area contributed by atoms with E-state index in [4.69, 9.17) is 9.47 Å². The van der Waals surface area contributed by atoms with Crippen molar-refractivity contribution in [3.05, 3.63) is 115 Å². The number of hydrogen-bond acceptors (Lipinski definition) is 21. The lowest BCUT2D eigenvalue weighted by atomic mass is 10.1. The van der Waals surface area contributed by atoms with Crippen molar-refractivity contribution < 1.29 is 79.4 Å². The Labute approximate surface area is 434 Å². The maximum Gasteiger partial charge on any atom is 0.296 e. The number of rotatable bonds is 14. The van der Waals surface area contributed by atoms with Gasteiger partial charge in [-0.3, -0.25) is 22.8 Å². The van der Waals surface area contributed by atoms with Gasteiger partial charge in [0, 0.05) is 33.7 Å². The van der Waals surface area contributed by atoms with E-state index in [0.717, 1.165) is 29.1 Å². The Kier molecular flexibility index (Phi) is 13.5. The zero-order chi connectivity index (χ0) is 55.7. The Morgan fingerprint density at radius 2 is 1.04 bits per heavy atom. The Morgan fingerprint density at radius 1 is 0.468 bits per heavy atom. The van der Waals surface area contributed by atoms with Crippen LogP contribution < -0.4 is 9.47 Å². The van der Waals surface area contributed by atoms with Crippen LogP contribution in [0.4, 0.5) is 34.1 Å². The average Bonchev–Trinajstić information content (AvgIpc) is 3.82. The molecule has 0 unspecified atom stereocenters. The van der Waals surface area contributed by atoms with Gasteiger partial charge in [0.15, 0.2) is 5.75 Å². The molecule has 27 nitrogen and oxygen atoms in total. The van der Waals surface area contributed by atoms with Crippen molar-refractivity contribution in [2.75, 3.05) is 14.2 Å². The zero-order valence-electron chi connectivity index (χ0n) is 39.0. The smallest absolute Gasteiger partial charge is 0.296 e. The van der Waals surface area contributed by atoms with Crippen LogP contribution in [0, 0.1) is 6.92 Å². The summed E-state index contributed by atoms with van der Waals surface area (Å²) in [5.41, 5.74) is 0.828. The normalized spacial score (nSPS) is 13.1. The van der Waals surface area contributed by atoms with Crippen molar-refractivity contribution in [2.24, 2.45) is 30.7 Å². The Hall–Kier alpha value is -8.31. The third-order valence-corrected chi connectivity index (χ3v) is 15.7. The summed E-state index contributed by atoms with van der Waals surface area (Å²) in [6.45, 7) is 1.68. The fourth-order valence-corrected chi connectivity index (χ4v) is 11.3. The van der Waals surface area contributed by atoms with Crippen molar-refractivity contribution in [2.45, 2.75) is 31.4 Å². The second-order valence-corrected chi connectivity index (χ2v) is 23.4. The van der Waals surface area contributed by atoms with Crippen LogP contribution in [-0.4, -0.2) is 99.2 Å². The molecule has 1 heterocycles. The van der Waals surface area contributed by atoms with E-state index < -0.39 is 86.5 Å². The fourth-order valence-electron chi connectivity index (χ4n) is 7.91. The van der Waals surface area contributed by atoms with Gasteiger partial charge in [0.2, 0.25) is 0 Å². The molecule has 77 heavy (non-hydrogen) atoms. The number of benzene rings is 8. The second kappa shape index (κ2) is 19.4. The predicted molar refractivity (Wildman–Crippen MR) is 272 cm³/mol. The lowest BCUT2D eigenvalue weighted by Gasteiger charge is -2.13. The van der Waals surface area contributed by atoms with E-state index in [1.807, 2.05) is 0 Å². The number of aromatic nitrogens is 3. The molecule has 9 rings (SSSR count). The number of phenolic OH excluding ortho intramolecular Hbond substituents is 1. The van der Waals surface area contributed by atoms with Crippen molar-refractivity contribution in [3.8, 4) is 22.9 Å². The van der Waals surface area contributed by atoms with Crippen molar-refractivity contribution in [1.82, 2.24) is 15.0 Å². The van der Waals surface area contributed by atoms with Crippen LogP contribution in [0.1, 0.15) is 5.56 Å².